The van der Waals surface area contributed by atoms with Crippen LogP contribution in [-0.4, -0.2) is 33.3 Å². The second kappa shape index (κ2) is 4.79. The van der Waals surface area contributed by atoms with Gasteiger partial charge in [0.25, 0.3) is 5.89 Å². The quantitative estimate of drug-likeness (QED) is 0.889. The number of anilines is 1. The van der Waals surface area contributed by atoms with Crippen LogP contribution in [0.2, 0.25) is 0 Å². The zero-order valence-corrected chi connectivity index (χ0v) is 9.89. The summed E-state index contributed by atoms with van der Waals surface area (Å²) in [5.74, 6) is -1.99. The number of rotatable bonds is 3. The van der Waals surface area contributed by atoms with E-state index in [0.717, 1.165) is 6.39 Å². The molecule has 2 rings (SSSR count). The first-order valence-corrected chi connectivity index (χ1v) is 5.14. The number of aromatic carboxylic acids is 1. The Morgan fingerprint density at radius 2 is 2.15 bits per heavy atom. The molecule has 10 heteroatoms. The highest BCUT2D eigenvalue weighted by Gasteiger charge is 2.38. The predicted octanol–water partition coefficient (Wildman–Crippen LogP) is 1.89. The van der Waals surface area contributed by atoms with Gasteiger partial charge in [-0.2, -0.15) is 13.2 Å². The van der Waals surface area contributed by atoms with E-state index >= 15 is 0 Å². The van der Waals surface area contributed by atoms with Gasteiger partial charge >= 0.3 is 12.1 Å². The number of hydrogen-bond donors (Lipinski definition) is 2. The third-order valence-corrected chi connectivity index (χ3v) is 2.36. The Morgan fingerprint density at radius 1 is 1.45 bits per heavy atom. The molecule has 0 saturated carbocycles. The molecule has 0 radical (unpaired) electrons. The Bertz CT molecular complexity index is 640. The molecule has 0 spiro atoms. The fourth-order valence-corrected chi connectivity index (χ4v) is 1.52. The maximum Gasteiger partial charge on any atom is 0.418 e. The second-order valence-corrected chi connectivity index (χ2v) is 3.58. The minimum Gasteiger partial charge on any atom is -0.476 e. The summed E-state index contributed by atoms with van der Waals surface area (Å²) in [6.07, 6.45) is -3.89. The zero-order valence-electron chi connectivity index (χ0n) is 9.89. The van der Waals surface area contributed by atoms with Gasteiger partial charge in [-0.1, -0.05) is 0 Å². The lowest BCUT2D eigenvalue weighted by Gasteiger charge is -2.13. The lowest BCUT2D eigenvalue weighted by Crippen LogP contribution is -2.16. The van der Waals surface area contributed by atoms with E-state index in [1.54, 1.807) is 0 Å². The lowest BCUT2D eigenvalue weighted by atomic mass is 10.1. The molecule has 0 aliphatic rings. The number of aromatic nitrogens is 3. The molecule has 7 nitrogen and oxygen atoms in total. The normalized spacial score (nSPS) is 11.4. The highest BCUT2D eigenvalue weighted by Crippen LogP contribution is 2.36. The van der Waals surface area contributed by atoms with Crippen molar-refractivity contribution in [1.29, 1.82) is 0 Å². The van der Waals surface area contributed by atoms with Crippen LogP contribution in [0.4, 0.5) is 18.9 Å². The molecule has 2 heterocycles. The van der Waals surface area contributed by atoms with E-state index in [9.17, 15) is 18.0 Å². The van der Waals surface area contributed by atoms with Crippen molar-refractivity contribution in [2.75, 3.05) is 12.4 Å². The Labute approximate surface area is 109 Å². The number of carbonyl (C=O) groups is 1. The summed E-state index contributed by atoms with van der Waals surface area (Å²) in [6, 6.07) is 0.635. The van der Waals surface area contributed by atoms with E-state index in [0.29, 0.717) is 6.07 Å². The molecular formula is C10H7F3N4O3. The van der Waals surface area contributed by atoms with Crippen molar-refractivity contribution in [2.45, 2.75) is 6.18 Å². The van der Waals surface area contributed by atoms with Gasteiger partial charge in [0.15, 0.2) is 11.4 Å². The zero-order chi connectivity index (χ0) is 14.9. The molecule has 0 unspecified atom stereocenters. The van der Waals surface area contributed by atoms with Gasteiger partial charge in [0.2, 0.25) is 6.39 Å². The summed E-state index contributed by atoms with van der Waals surface area (Å²) in [5.41, 5.74) is -2.75. The SMILES string of the molecule is CNc1cc(C(F)(F)F)c(C(=O)O)nc1-c1nnco1. The molecule has 2 aromatic heterocycles. The van der Waals surface area contributed by atoms with Gasteiger partial charge in [-0.25, -0.2) is 9.78 Å². The van der Waals surface area contributed by atoms with Crippen LogP contribution in [0.15, 0.2) is 16.9 Å². The fraction of sp³-hybridized carbons (Fsp3) is 0.200. The number of nitrogens with one attached hydrogen (secondary N) is 1. The lowest BCUT2D eigenvalue weighted by molar-refractivity contribution is -0.138. The summed E-state index contributed by atoms with van der Waals surface area (Å²) < 4.78 is 43.3. The minimum absolute atomic E-state index is 0.0772. The molecule has 0 atom stereocenters. The van der Waals surface area contributed by atoms with E-state index in [1.165, 1.54) is 7.05 Å². The van der Waals surface area contributed by atoms with Gasteiger partial charge in [0.05, 0.1) is 11.3 Å². The van der Waals surface area contributed by atoms with Crippen molar-refractivity contribution in [3.63, 3.8) is 0 Å². The average Bonchev–Trinajstić information content (AvgIpc) is 2.89. The maximum absolute atomic E-state index is 12.8. The van der Waals surface area contributed by atoms with E-state index in [-0.39, 0.29) is 17.3 Å². The van der Waals surface area contributed by atoms with Crippen LogP contribution in [0, 0.1) is 0 Å². The minimum atomic E-state index is -4.85. The van der Waals surface area contributed by atoms with Crippen LogP contribution < -0.4 is 5.32 Å². The number of hydrogen-bond acceptors (Lipinski definition) is 6. The fourth-order valence-electron chi connectivity index (χ4n) is 1.52. The number of alkyl halides is 3. The monoisotopic (exact) mass is 288 g/mol. The first-order valence-electron chi connectivity index (χ1n) is 5.14. The Morgan fingerprint density at radius 3 is 2.60 bits per heavy atom. The Balaban J connectivity index is 2.73. The second-order valence-electron chi connectivity index (χ2n) is 3.58. The predicted molar refractivity (Wildman–Crippen MR) is 59.0 cm³/mol. The van der Waals surface area contributed by atoms with Crippen molar-refractivity contribution < 1.29 is 27.5 Å². The van der Waals surface area contributed by atoms with Crippen LogP contribution in [0.1, 0.15) is 16.1 Å². The largest absolute Gasteiger partial charge is 0.476 e. The molecular weight excluding hydrogens is 281 g/mol. The molecule has 20 heavy (non-hydrogen) atoms. The van der Waals surface area contributed by atoms with E-state index in [2.05, 4.69) is 20.5 Å². The van der Waals surface area contributed by atoms with E-state index in [1.807, 2.05) is 0 Å². The molecule has 0 aliphatic heterocycles. The van der Waals surface area contributed by atoms with Gasteiger partial charge in [0, 0.05) is 7.05 Å². The van der Waals surface area contributed by atoms with Gasteiger partial charge in [-0.05, 0) is 6.07 Å². The highest BCUT2D eigenvalue weighted by molar-refractivity contribution is 5.89. The van der Waals surface area contributed by atoms with Crippen LogP contribution >= 0.6 is 0 Å². The Hall–Kier alpha value is -2.65. The third-order valence-electron chi connectivity index (χ3n) is 2.36. The third kappa shape index (κ3) is 2.39. The molecule has 0 bridgehead atoms. The van der Waals surface area contributed by atoms with Crippen molar-refractivity contribution >= 4 is 11.7 Å². The molecule has 0 amide bonds. The smallest absolute Gasteiger partial charge is 0.418 e. The number of carboxylic acids is 1. The summed E-state index contributed by atoms with van der Waals surface area (Å²) >= 11 is 0. The highest BCUT2D eigenvalue weighted by atomic mass is 19.4. The van der Waals surface area contributed by atoms with Gasteiger partial charge in [-0.3, -0.25) is 0 Å². The number of pyridine rings is 1. The van der Waals surface area contributed by atoms with Crippen LogP contribution in [0.5, 0.6) is 0 Å². The number of nitrogens with zero attached hydrogens (tertiary/aromatic N) is 3. The number of halogens is 3. The molecule has 0 aromatic carbocycles. The van der Waals surface area contributed by atoms with Crippen LogP contribution in [0.25, 0.3) is 11.6 Å². The molecule has 2 N–H and O–H groups in total. The first kappa shape index (κ1) is 13.8. The van der Waals surface area contributed by atoms with E-state index < -0.39 is 23.4 Å². The van der Waals surface area contributed by atoms with Gasteiger partial charge < -0.3 is 14.8 Å². The number of carboxylic acid groups (broad SMARTS) is 1. The van der Waals surface area contributed by atoms with Crippen molar-refractivity contribution in [3.05, 3.63) is 23.7 Å². The summed E-state index contributed by atoms with van der Waals surface area (Å²) in [6.45, 7) is 0. The first-order chi connectivity index (χ1) is 9.34. The van der Waals surface area contributed by atoms with Crippen molar-refractivity contribution in [3.8, 4) is 11.6 Å². The van der Waals surface area contributed by atoms with Crippen molar-refractivity contribution in [1.82, 2.24) is 15.2 Å². The summed E-state index contributed by atoms with van der Waals surface area (Å²) in [4.78, 5) is 14.4. The topological polar surface area (TPSA) is 101 Å². The summed E-state index contributed by atoms with van der Waals surface area (Å²) in [5, 5.41) is 18.2. The maximum atomic E-state index is 12.8. The van der Waals surface area contributed by atoms with Gasteiger partial charge in [0.1, 0.15) is 0 Å². The van der Waals surface area contributed by atoms with Gasteiger partial charge in [-0.15, -0.1) is 10.2 Å². The molecule has 0 aliphatic carbocycles. The van der Waals surface area contributed by atoms with Crippen LogP contribution in [-0.2, 0) is 6.18 Å². The van der Waals surface area contributed by atoms with Crippen LogP contribution in [0.3, 0.4) is 0 Å². The standard InChI is InChI=1S/C10H7F3N4O3/c1-14-5-2-4(10(11,12)13)6(9(18)19)16-7(5)8-17-15-3-20-8/h2-3,14H,1H3,(H,18,19). The molecule has 2 aromatic rings. The molecule has 0 fully saturated rings. The average molecular weight is 288 g/mol. The van der Waals surface area contributed by atoms with E-state index in [4.69, 9.17) is 9.52 Å². The Kier molecular flexibility index (Phi) is 3.30. The molecule has 0 saturated heterocycles. The molecule has 106 valence electrons. The summed E-state index contributed by atoms with van der Waals surface area (Å²) in [7, 11) is 1.36. The van der Waals surface area contributed by atoms with Crippen molar-refractivity contribution in [2.24, 2.45) is 0 Å².